The quantitative estimate of drug-likeness (QED) is 0.362. The van der Waals surface area contributed by atoms with E-state index in [0.29, 0.717) is 38.2 Å². The van der Waals surface area contributed by atoms with Crippen molar-refractivity contribution in [3.05, 3.63) is 61.5 Å². The van der Waals surface area contributed by atoms with Gasteiger partial charge in [-0.3, -0.25) is 4.79 Å². The van der Waals surface area contributed by atoms with Gasteiger partial charge in [-0.05, 0) is 64.3 Å². The van der Waals surface area contributed by atoms with Crippen LogP contribution >= 0.6 is 39.1 Å². The molecular formula is C21H19BrCl2N2O3. The first-order valence-electron chi connectivity index (χ1n) is 8.63. The molecule has 29 heavy (non-hydrogen) atoms. The maximum atomic E-state index is 12.1. The highest BCUT2D eigenvalue weighted by Crippen LogP contribution is 2.38. The van der Waals surface area contributed by atoms with E-state index in [2.05, 4.69) is 15.9 Å². The predicted molar refractivity (Wildman–Crippen MR) is 118 cm³/mol. The van der Waals surface area contributed by atoms with E-state index in [1.807, 2.05) is 19.1 Å². The highest BCUT2D eigenvalue weighted by atomic mass is 79.9. The van der Waals surface area contributed by atoms with Gasteiger partial charge in [0, 0.05) is 14.1 Å². The molecule has 2 aromatic rings. The van der Waals surface area contributed by atoms with Gasteiger partial charge in [-0.1, -0.05) is 29.3 Å². The summed E-state index contributed by atoms with van der Waals surface area (Å²) in [5.41, 5.74) is 1.50. The minimum Gasteiger partial charge on any atom is -0.490 e. The van der Waals surface area contributed by atoms with Crippen LogP contribution in [0.3, 0.4) is 0 Å². The molecular weight excluding hydrogens is 479 g/mol. The summed E-state index contributed by atoms with van der Waals surface area (Å²) in [5.74, 6) is 0.622. The van der Waals surface area contributed by atoms with Gasteiger partial charge in [0.05, 0.1) is 21.1 Å². The van der Waals surface area contributed by atoms with Crippen molar-refractivity contribution in [2.75, 3.05) is 20.7 Å². The normalized spacial score (nSPS) is 11.0. The lowest BCUT2D eigenvalue weighted by molar-refractivity contribution is -0.124. The van der Waals surface area contributed by atoms with Crippen molar-refractivity contribution in [1.29, 1.82) is 5.26 Å². The molecule has 0 atom stereocenters. The minimum absolute atomic E-state index is 0.0221. The highest BCUT2D eigenvalue weighted by molar-refractivity contribution is 9.10. The number of amides is 1. The molecule has 0 unspecified atom stereocenters. The molecule has 0 radical (unpaired) electrons. The second-order valence-electron chi connectivity index (χ2n) is 6.17. The molecule has 0 aliphatic carbocycles. The van der Waals surface area contributed by atoms with E-state index in [1.165, 1.54) is 11.0 Å². The zero-order valence-corrected chi connectivity index (χ0v) is 19.2. The van der Waals surface area contributed by atoms with E-state index in [1.54, 1.807) is 38.4 Å². The van der Waals surface area contributed by atoms with Crippen LogP contribution in [0, 0.1) is 11.3 Å². The standard InChI is InChI=1S/C21H19BrCl2N2O3/c1-4-28-19-10-14(7-15(11-25)21(27)26(2)3)8-16(22)20(19)29-12-13-5-6-17(23)18(24)9-13/h5-10H,4,12H2,1-3H3/b15-7-. The summed E-state index contributed by atoms with van der Waals surface area (Å²) in [6, 6.07) is 10.7. The molecule has 0 bridgehead atoms. The summed E-state index contributed by atoms with van der Waals surface area (Å²) in [7, 11) is 3.18. The maximum Gasteiger partial charge on any atom is 0.264 e. The SMILES string of the molecule is CCOc1cc(/C=C(/C#N)C(=O)N(C)C)cc(Br)c1OCc1ccc(Cl)c(Cl)c1. The van der Waals surface area contributed by atoms with Crippen molar-refractivity contribution in [3.63, 3.8) is 0 Å². The topological polar surface area (TPSA) is 62.6 Å². The van der Waals surface area contributed by atoms with Crippen LogP contribution in [0.2, 0.25) is 10.0 Å². The van der Waals surface area contributed by atoms with Crippen LogP contribution in [0.15, 0.2) is 40.4 Å². The summed E-state index contributed by atoms with van der Waals surface area (Å²) >= 11 is 15.5. The molecule has 0 N–H and O–H groups in total. The molecule has 0 saturated carbocycles. The van der Waals surface area contributed by atoms with Crippen molar-refractivity contribution in [2.24, 2.45) is 0 Å². The van der Waals surface area contributed by atoms with Crippen LogP contribution in [0.4, 0.5) is 0 Å². The van der Waals surface area contributed by atoms with Gasteiger partial charge in [0.15, 0.2) is 11.5 Å². The van der Waals surface area contributed by atoms with Crippen molar-refractivity contribution in [1.82, 2.24) is 4.90 Å². The molecule has 0 heterocycles. The first-order chi connectivity index (χ1) is 13.8. The van der Waals surface area contributed by atoms with Crippen molar-refractivity contribution in [3.8, 4) is 17.6 Å². The Morgan fingerprint density at radius 2 is 1.93 bits per heavy atom. The first-order valence-corrected chi connectivity index (χ1v) is 10.2. The van der Waals surface area contributed by atoms with Crippen LogP contribution in [0.5, 0.6) is 11.5 Å². The molecule has 152 valence electrons. The third-order valence-corrected chi connectivity index (χ3v) is 5.09. The van der Waals surface area contributed by atoms with Gasteiger partial charge >= 0.3 is 0 Å². The monoisotopic (exact) mass is 496 g/mol. The Bertz CT molecular complexity index is 985. The third kappa shape index (κ3) is 6.14. The summed E-state index contributed by atoms with van der Waals surface area (Å²) in [4.78, 5) is 13.4. The molecule has 8 heteroatoms. The van der Waals surface area contributed by atoms with Crippen molar-refractivity contribution >= 4 is 51.1 Å². The zero-order valence-electron chi connectivity index (χ0n) is 16.1. The van der Waals surface area contributed by atoms with Crippen molar-refractivity contribution < 1.29 is 14.3 Å². The molecule has 0 spiro atoms. The number of carbonyl (C=O) groups is 1. The fraction of sp³-hybridized carbons (Fsp3) is 0.238. The number of nitrogens with zero attached hydrogens (tertiary/aromatic N) is 2. The van der Waals surface area contributed by atoms with Crippen molar-refractivity contribution in [2.45, 2.75) is 13.5 Å². The third-order valence-electron chi connectivity index (χ3n) is 3.77. The zero-order chi connectivity index (χ0) is 21.6. The molecule has 1 amide bonds. The Morgan fingerprint density at radius 3 is 2.52 bits per heavy atom. The lowest BCUT2D eigenvalue weighted by Gasteiger charge is -2.15. The summed E-state index contributed by atoms with van der Waals surface area (Å²) in [5, 5.41) is 10.2. The van der Waals surface area contributed by atoms with Gasteiger partial charge in [0.2, 0.25) is 0 Å². The van der Waals surface area contributed by atoms with Gasteiger partial charge in [-0.2, -0.15) is 5.26 Å². The van der Waals surface area contributed by atoms with Gasteiger partial charge < -0.3 is 14.4 Å². The smallest absolute Gasteiger partial charge is 0.264 e. The number of benzene rings is 2. The molecule has 0 aliphatic rings. The molecule has 2 aromatic carbocycles. The average Bonchev–Trinajstić information content (AvgIpc) is 2.67. The number of carbonyl (C=O) groups excluding carboxylic acids is 1. The number of hydrogen-bond acceptors (Lipinski definition) is 4. The summed E-state index contributed by atoms with van der Waals surface area (Å²) < 4.78 is 12.3. The van der Waals surface area contributed by atoms with Crippen LogP contribution < -0.4 is 9.47 Å². The van der Waals surface area contributed by atoms with Crippen LogP contribution in [0.25, 0.3) is 6.08 Å². The van der Waals surface area contributed by atoms with E-state index in [9.17, 15) is 10.1 Å². The largest absolute Gasteiger partial charge is 0.490 e. The summed E-state index contributed by atoms with van der Waals surface area (Å²) in [6.45, 7) is 2.53. The fourth-order valence-electron chi connectivity index (χ4n) is 2.41. The van der Waals surface area contributed by atoms with Gasteiger partial charge in [0.25, 0.3) is 5.91 Å². The van der Waals surface area contributed by atoms with Gasteiger partial charge in [-0.25, -0.2) is 0 Å². The Hall–Kier alpha value is -2.20. The minimum atomic E-state index is -0.374. The van der Waals surface area contributed by atoms with Gasteiger partial charge in [-0.15, -0.1) is 0 Å². The maximum absolute atomic E-state index is 12.1. The van der Waals surface area contributed by atoms with Gasteiger partial charge in [0.1, 0.15) is 18.2 Å². The Morgan fingerprint density at radius 1 is 1.21 bits per heavy atom. The average molecular weight is 498 g/mol. The van der Waals surface area contributed by atoms with E-state index < -0.39 is 0 Å². The molecule has 0 saturated heterocycles. The number of halogens is 3. The number of rotatable bonds is 7. The Balaban J connectivity index is 2.35. The molecule has 0 aromatic heterocycles. The lowest BCUT2D eigenvalue weighted by Crippen LogP contribution is -2.22. The fourth-order valence-corrected chi connectivity index (χ4v) is 3.30. The lowest BCUT2D eigenvalue weighted by atomic mass is 10.1. The Labute approximate surface area is 188 Å². The number of hydrogen-bond donors (Lipinski definition) is 0. The second kappa shape index (κ2) is 10.5. The number of likely N-dealkylation sites (N-methyl/N-ethyl adjacent to an activating group) is 1. The van der Waals surface area contributed by atoms with E-state index in [-0.39, 0.29) is 18.1 Å². The molecule has 0 fully saturated rings. The van der Waals surface area contributed by atoms with E-state index in [0.717, 1.165) is 5.56 Å². The molecule has 2 rings (SSSR count). The molecule has 5 nitrogen and oxygen atoms in total. The van der Waals surface area contributed by atoms with E-state index in [4.69, 9.17) is 32.7 Å². The van der Waals surface area contributed by atoms with E-state index >= 15 is 0 Å². The molecule has 0 aliphatic heterocycles. The van der Waals surface area contributed by atoms with Crippen LogP contribution in [0.1, 0.15) is 18.1 Å². The number of ether oxygens (including phenoxy) is 2. The Kier molecular flexibility index (Phi) is 8.39. The summed E-state index contributed by atoms with van der Waals surface area (Å²) in [6.07, 6.45) is 1.51. The first kappa shape index (κ1) is 23.1. The predicted octanol–water partition coefficient (Wildman–Crippen LogP) is 5.73. The van der Waals surface area contributed by atoms with Crippen LogP contribution in [-0.2, 0) is 11.4 Å². The van der Waals surface area contributed by atoms with Crippen LogP contribution in [-0.4, -0.2) is 31.5 Å². The highest BCUT2D eigenvalue weighted by Gasteiger charge is 2.15. The second-order valence-corrected chi connectivity index (χ2v) is 7.84. The number of nitriles is 1.